The maximum Gasteiger partial charge on any atom is 0.258 e. The second-order valence-electron chi connectivity index (χ2n) is 7.83. The van der Waals surface area contributed by atoms with Crippen LogP contribution in [0.5, 0.6) is 0 Å². The smallest absolute Gasteiger partial charge is 0.258 e. The summed E-state index contributed by atoms with van der Waals surface area (Å²) < 4.78 is 14.4. The standard InChI is InChI=1S/C23H21FN6O2/c1-13-16-3-2-15(19-4-6-28-29-19)8-14(16)5-7-30(13)22(31)11-25-21-10-20-17(9-18(21)24)23(32)27-12-26-20/h2-4,6,8-10,12-13,25H,5,7,11H2,1H3,(H,28,29)(H,26,27,32). The van der Waals surface area contributed by atoms with Crippen LogP contribution in [0.3, 0.4) is 0 Å². The van der Waals surface area contributed by atoms with E-state index in [0.29, 0.717) is 12.1 Å². The molecule has 0 saturated heterocycles. The van der Waals surface area contributed by atoms with Gasteiger partial charge in [0.1, 0.15) is 5.82 Å². The molecule has 8 nitrogen and oxygen atoms in total. The number of fused-ring (bicyclic) bond motifs is 2. The van der Waals surface area contributed by atoms with Crippen LogP contribution in [0.4, 0.5) is 10.1 Å². The van der Waals surface area contributed by atoms with Gasteiger partial charge in [0.15, 0.2) is 0 Å². The third-order valence-corrected chi connectivity index (χ3v) is 5.97. The van der Waals surface area contributed by atoms with Gasteiger partial charge in [0.25, 0.3) is 5.56 Å². The van der Waals surface area contributed by atoms with Gasteiger partial charge in [0.05, 0.1) is 41.2 Å². The summed E-state index contributed by atoms with van der Waals surface area (Å²) in [6, 6.07) is 10.6. The quantitative estimate of drug-likeness (QED) is 0.460. The van der Waals surface area contributed by atoms with Crippen molar-refractivity contribution in [1.82, 2.24) is 25.1 Å². The molecule has 1 aliphatic rings. The van der Waals surface area contributed by atoms with Crippen molar-refractivity contribution >= 4 is 22.5 Å². The molecule has 1 atom stereocenters. The first kappa shape index (κ1) is 19.9. The minimum absolute atomic E-state index is 0.0580. The molecule has 0 fully saturated rings. The van der Waals surface area contributed by atoms with E-state index >= 15 is 0 Å². The number of nitrogens with zero attached hydrogens (tertiary/aromatic N) is 3. The van der Waals surface area contributed by atoms with Crippen molar-refractivity contribution in [3.8, 4) is 11.3 Å². The lowest BCUT2D eigenvalue weighted by Crippen LogP contribution is -2.41. The number of carbonyl (C=O) groups is 1. The Hall–Kier alpha value is -4.01. The topological polar surface area (TPSA) is 107 Å². The zero-order valence-corrected chi connectivity index (χ0v) is 17.4. The maximum absolute atomic E-state index is 14.4. The first-order chi connectivity index (χ1) is 15.5. The Labute approximate surface area is 182 Å². The van der Waals surface area contributed by atoms with Crippen molar-refractivity contribution in [2.24, 2.45) is 0 Å². The van der Waals surface area contributed by atoms with E-state index in [1.807, 2.05) is 19.1 Å². The van der Waals surface area contributed by atoms with Crippen molar-refractivity contribution in [2.75, 3.05) is 18.4 Å². The lowest BCUT2D eigenvalue weighted by molar-refractivity contribution is -0.131. The number of carbonyl (C=O) groups excluding carboxylic acids is 1. The van der Waals surface area contributed by atoms with Gasteiger partial charge in [-0.2, -0.15) is 5.10 Å². The highest BCUT2D eigenvalue weighted by atomic mass is 19.1. The average Bonchev–Trinajstić information content (AvgIpc) is 3.33. The van der Waals surface area contributed by atoms with E-state index in [-0.39, 0.29) is 29.6 Å². The molecule has 162 valence electrons. The monoisotopic (exact) mass is 432 g/mol. The van der Waals surface area contributed by atoms with E-state index < -0.39 is 11.4 Å². The van der Waals surface area contributed by atoms with Crippen molar-refractivity contribution in [3.05, 3.63) is 76.2 Å². The molecule has 32 heavy (non-hydrogen) atoms. The molecule has 2 aromatic heterocycles. The Morgan fingerprint density at radius 2 is 2.16 bits per heavy atom. The third kappa shape index (κ3) is 3.51. The van der Waals surface area contributed by atoms with Crippen molar-refractivity contribution in [2.45, 2.75) is 19.4 Å². The summed E-state index contributed by atoms with van der Waals surface area (Å²) in [6.07, 6.45) is 3.73. The second kappa shape index (κ2) is 7.92. The zero-order chi connectivity index (χ0) is 22.2. The van der Waals surface area contributed by atoms with Crippen molar-refractivity contribution in [3.63, 3.8) is 0 Å². The van der Waals surface area contributed by atoms with E-state index in [1.54, 1.807) is 11.1 Å². The predicted molar refractivity (Wildman–Crippen MR) is 119 cm³/mol. The van der Waals surface area contributed by atoms with E-state index in [9.17, 15) is 14.0 Å². The molecule has 0 aliphatic carbocycles. The molecule has 0 bridgehead atoms. The summed E-state index contributed by atoms with van der Waals surface area (Å²) in [4.78, 5) is 33.0. The number of H-pyrrole nitrogens is 2. The SMILES string of the molecule is CC1c2ccc(-c3ccn[nH]3)cc2CCN1C(=O)CNc1cc2nc[nH]c(=O)c2cc1F. The van der Waals surface area contributed by atoms with Crippen LogP contribution in [-0.4, -0.2) is 44.1 Å². The largest absolute Gasteiger partial charge is 0.374 e. The zero-order valence-electron chi connectivity index (χ0n) is 17.4. The highest BCUT2D eigenvalue weighted by Gasteiger charge is 2.27. The average molecular weight is 432 g/mol. The molecule has 0 spiro atoms. The molecular formula is C23H21FN6O2. The van der Waals surface area contributed by atoms with Crippen molar-refractivity contribution in [1.29, 1.82) is 0 Å². The van der Waals surface area contributed by atoms with Crippen LogP contribution >= 0.6 is 0 Å². The van der Waals surface area contributed by atoms with Gasteiger partial charge in [0, 0.05) is 12.7 Å². The summed E-state index contributed by atoms with van der Waals surface area (Å²) >= 11 is 0. The Kier molecular flexibility index (Phi) is 4.93. The molecule has 9 heteroatoms. The molecule has 3 N–H and O–H groups in total. The van der Waals surface area contributed by atoms with Gasteiger partial charge in [-0.15, -0.1) is 0 Å². The summed E-state index contributed by atoms with van der Waals surface area (Å²) in [5, 5.41) is 10.0. The lowest BCUT2D eigenvalue weighted by Gasteiger charge is -2.35. The molecule has 3 heterocycles. The number of nitrogens with one attached hydrogen (secondary N) is 3. The van der Waals surface area contributed by atoms with E-state index in [0.717, 1.165) is 29.3 Å². The number of anilines is 1. The van der Waals surface area contributed by atoms with Gasteiger partial charge in [-0.1, -0.05) is 12.1 Å². The minimum atomic E-state index is -0.604. The number of amides is 1. The summed E-state index contributed by atoms with van der Waals surface area (Å²) in [5.41, 5.74) is 4.42. The number of benzene rings is 2. The number of aromatic amines is 2. The first-order valence-electron chi connectivity index (χ1n) is 10.3. The number of halogens is 1. The number of aromatic nitrogens is 4. The van der Waals surface area contributed by atoms with Gasteiger partial charge < -0.3 is 15.2 Å². The van der Waals surface area contributed by atoms with Crippen molar-refractivity contribution < 1.29 is 9.18 Å². The molecule has 1 amide bonds. The van der Waals surface area contributed by atoms with Gasteiger partial charge in [-0.05, 0) is 54.3 Å². The highest BCUT2D eigenvalue weighted by Crippen LogP contribution is 2.32. The fourth-order valence-corrected chi connectivity index (χ4v) is 4.25. The fraction of sp³-hybridized carbons (Fsp3) is 0.217. The summed E-state index contributed by atoms with van der Waals surface area (Å²) in [6.45, 7) is 2.52. The molecular weight excluding hydrogens is 411 g/mol. The molecule has 4 aromatic rings. The van der Waals surface area contributed by atoms with Crippen LogP contribution in [0.15, 0.2) is 53.7 Å². The van der Waals surface area contributed by atoms with Crippen LogP contribution in [0.2, 0.25) is 0 Å². The Morgan fingerprint density at radius 3 is 2.97 bits per heavy atom. The van der Waals surface area contributed by atoms with E-state index in [2.05, 4.69) is 37.6 Å². The van der Waals surface area contributed by atoms with Gasteiger partial charge >= 0.3 is 0 Å². The normalized spacial score (nSPS) is 15.6. The number of hydrogen-bond acceptors (Lipinski definition) is 5. The molecule has 0 saturated carbocycles. The molecule has 2 aromatic carbocycles. The maximum atomic E-state index is 14.4. The minimum Gasteiger partial charge on any atom is -0.374 e. The third-order valence-electron chi connectivity index (χ3n) is 5.97. The number of hydrogen-bond donors (Lipinski definition) is 3. The van der Waals surface area contributed by atoms with E-state index in [1.165, 1.54) is 18.0 Å². The van der Waals surface area contributed by atoms with E-state index in [4.69, 9.17) is 0 Å². The molecule has 5 rings (SSSR count). The lowest BCUT2D eigenvalue weighted by atomic mass is 9.91. The molecule has 0 radical (unpaired) electrons. The molecule has 1 unspecified atom stereocenters. The first-order valence-corrected chi connectivity index (χ1v) is 10.3. The summed E-state index contributed by atoms with van der Waals surface area (Å²) in [5.74, 6) is -0.730. The molecule has 1 aliphatic heterocycles. The van der Waals surface area contributed by atoms with Crippen LogP contribution in [0, 0.1) is 5.82 Å². The Bertz CT molecular complexity index is 1360. The van der Waals surface area contributed by atoms with Crippen LogP contribution in [0.1, 0.15) is 24.1 Å². The summed E-state index contributed by atoms with van der Waals surface area (Å²) in [7, 11) is 0. The van der Waals surface area contributed by atoms with Crippen LogP contribution < -0.4 is 10.9 Å². The fourth-order valence-electron chi connectivity index (χ4n) is 4.25. The second-order valence-corrected chi connectivity index (χ2v) is 7.83. The predicted octanol–water partition coefficient (Wildman–Crippen LogP) is 3.01. The Morgan fingerprint density at radius 1 is 1.28 bits per heavy atom. The van der Waals surface area contributed by atoms with Gasteiger partial charge in [0.2, 0.25) is 5.91 Å². The number of rotatable bonds is 4. The van der Waals surface area contributed by atoms with Gasteiger partial charge in [-0.25, -0.2) is 9.37 Å². The van der Waals surface area contributed by atoms with Crippen LogP contribution in [-0.2, 0) is 11.2 Å². The van der Waals surface area contributed by atoms with Crippen LogP contribution in [0.25, 0.3) is 22.2 Å². The highest BCUT2D eigenvalue weighted by molar-refractivity contribution is 5.85. The Balaban J connectivity index is 1.31. The van der Waals surface area contributed by atoms with Gasteiger partial charge in [-0.3, -0.25) is 14.7 Å².